The number of benzene rings is 1. The molecular formula is C16H25N. The van der Waals surface area contributed by atoms with E-state index < -0.39 is 0 Å². The molecule has 1 fully saturated rings. The molecule has 2 unspecified atom stereocenters. The standard InChI is InChI=1S/C16H25N/c1-3-14-10-11-17-16(12-14)9-8-15-7-5-4-6-13(15)2/h4-7,14,16-17H,3,8-12H2,1-2H3. The molecule has 1 nitrogen and oxygen atoms in total. The normalized spacial score (nSPS) is 24.8. The lowest BCUT2D eigenvalue weighted by atomic mass is 9.87. The summed E-state index contributed by atoms with van der Waals surface area (Å²) >= 11 is 0. The average Bonchev–Trinajstić information content (AvgIpc) is 2.38. The minimum atomic E-state index is 0.744. The van der Waals surface area contributed by atoms with E-state index in [2.05, 4.69) is 43.4 Å². The van der Waals surface area contributed by atoms with Gasteiger partial charge in [0.1, 0.15) is 0 Å². The molecule has 1 heteroatoms. The molecule has 2 atom stereocenters. The molecule has 1 saturated heterocycles. The van der Waals surface area contributed by atoms with Gasteiger partial charge in [-0.15, -0.1) is 0 Å². The number of piperidine rings is 1. The van der Waals surface area contributed by atoms with Crippen LogP contribution in [-0.2, 0) is 6.42 Å². The fraction of sp³-hybridized carbons (Fsp3) is 0.625. The van der Waals surface area contributed by atoms with Crippen molar-refractivity contribution in [3.05, 3.63) is 35.4 Å². The van der Waals surface area contributed by atoms with E-state index in [1.54, 1.807) is 0 Å². The maximum absolute atomic E-state index is 3.67. The largest absolute Gasteiger partial charge is 0.314 e. The van der Waals surface area contributed by atoms with Gasteiger partial charge < -0.3 is 5.32 Å². The zero-order valence-electron chi connectivity index (χ0n) is 11.2. The number of nitrogens with one attached hydrogen (secondary N) is 1. The summed E-state index contributed by atoms with van der Waals surface area (Å²) in [4.78, 5) is 0. The lowest BCUT2D eigenvalue weighted by Gasteiger charge is -2.30. The van der Waals surface area contributed by atoms with Crippen LogP contribution in [0.1, 0.15) is 43.7 Å². The number of hydrogen-bond acceptors (Lipinski definition) is 1. The van der Waals surface area contributed by atoms with Crippen molar-refractivity contribution < 1.29 is 0 Å². The van der Waals surface area contributed by atoms with Gasteiger partial charge in [0.25, 0.3) is 0 Å². The van der Waals surface area contributed by atoms with E-state index in [4.69, 9.17) is 0 Å². The van der Waals surface area contributed by atoms with E-state index in [0.29, 0.717) is 0 Å². The molecule has 0 aliphatic carbocycles. The first-order chi connectivity index (χ1) is 8.29. The molecule has 0 saturated carbocycles. The van der Waals surface area contributed by atoms with E-state index in [-0.39, 0.29) is 0 Å². The van der Waals surface area contributed by atoms with Crippen molar-refractivity contribution in [3.63, 3.8) is 0 Å². The Morgan fingerprint density at radius 1 is 1.29 bits per heavy atom. The van der Waals surface area contributed by atoms with E-state index >= 15 is 0 Å². The molecular weight excluding hydrogens is 206 g/mol. The van der Waals surface area contributed by atoms with Crippen LogP contribution in [0.3, 0.4) is 0 Å². The first-order valence-corrected chi connectivity index (χ1v) is 7.07. The molecule has 0 bridgehead atoms. The first-order valence-electron chi connectivity index (χ1n) is 7.07. The Labute approximate surface area is 106 Å². The van der Waals surface area contributed by atoms with Gasteiger partial charge in [-0.3, -0.25) is 0 Å². The zero-order valence-corrected chi connectivity index (χ0v) is 11.2. The Kier molecular flexibility index (Phi) is 4.61. The second kappa shape index (κ2) is 6.20. The van der Waals surface area contributed by atoms with Crippen LogP contribution in [-0.4, -0.2) is 12.6 Å². The van der Waals surface area contributed by atoms with E-state index in [9.17, 15) is 0 Å². The average molecular weight is 231 g/mol. The van der Waals surface area contributed by atoms with Crippen LogP contribution in [0.15, 0.2) is 24.3 Å². The second-order valence-corrected chi connectivity index (χ2v) is 5.41. The van der Waals surface area contributed by atoms with Crippen LogP contribution in [0, 0.1) is 12.8 Å². The molecule has 0 radical (unpaired) electrons. The van der Waals surface area contributed by atoms with E-state index in [1.807, 2.05) is 0 Å². The summed E-state index contributed by atoms with van der Waals surface area (Å²) in [5.74, 6) is 0.957. The van der Waals surface area contributed by atoms with Crippen LogP contribution in [0.25, 0.3) is 0 Å². The second-order valence-electron chi connectivity index (χ2n) is 5.41. The predicted octanol–water partition coefficient (Wildman–Crippen LogP) is 3.71. The minimum absolute atomic E-state index is 0.744. The van der Waals surface area contributed by atoms with Crippen LogP contribution in [0.2, 0.25) is 0 Å². The van der Waals surface area contributed by atoms with Crippen molar-refractivity contribution in [2.45, 2.75) is 52.0 Å². The van der Waals surface area contributed by atoms with Gasteiger partial charge in [0.2, 0.25) is 0 Å². The number of rotatable bonds is 4. The summed E-state index contributed by atoms with van der Waals surface area (Å²) < 4.78 is 0. The minimum Gasteiger partial charge on any atom is -0.314 e. The number of aryl methyl sites for hydroxylation is 2. The van der Waals surface area contributed by atoms with Gasteiger partial charge in [-0.1, -0.05) is 37.6 Å². The van der Waals surface area contributed by atoms with E-state index in [1.165, 1.54) is 49.8 Å². The van der Waals surface area contributed by atoms with Gasteiger partial charge in [0.15, 0.2) is 0 Å². The quantitative estimate of drug-likeness (QED) is 0.833. The highest BCUT2D eigenvalue weighted by Crippen LogP contribution is 2.22. The molecule has 1 aromatic rings. The van der Waals surface area contributed by atoms with Crippen molar-refractivity contribution in [3.8, 4) is 0 Å². The van der Waals surface area contributed by atoms with Gasteiger partial charge in [-0.05, 0) is 56.2 Å². The molecule has 1 aromatic carbocycles. The molecule has 17 heavy (non-hydrogen) atoms. The van der Waals surface area contributed by atoms with Gasteiger partial charge in [0.05, 0.1) is 0 Å². The summed E-state index contributed by atoms with van der Waals surface area (Å²) in [5, 5.41) is 3.67. The highest BCUT2D eigenvalue weighted by molar-refractivity contribution is 5.25. The maximum atomic E-state index is 3.67. The van der Waals surface area contributed by atoms with Crippen LogP contribution in [0.5, 0.6) is 0 Å². The van der Waals surface area contributed by atoms with Crippen molar-refractivity contribution >= 4 is 0 Å². The van der Waals surface area contributed by atoms with Crippen molar-refractivity contribution in [2.75, 3.05) is 6.54 Å². The fourth-order valence-corrected chi connectivity index (χ4v) is 2.91. The molecule has 1 heterocycles. The molecule has 1 aliphatic rings. The molecule has 1 aliphatic heterocycles. The Morgan fingerprint density at radius 2 is 2.12 bits per heavy atom. The Balaban J connectivity index is 1.84. The zero-order chi connectivity index (χ0) is 12.1. The molecule has 0 aromatic heterocycles. The topological polar surface area (TPSA) is 12.0 Å². The third kappa shape index (κ3) is 3.57. The third-order valence-corrected chi connectivity index (χ3v) is 4.20. The Hall–Kier alpha value is -0.820. The SMILES string of the molecule is CCC1CCNC(CCc2ccccc2C)C1. The molecule has 94 valence electrons. The van der Waals surface area contributed by atoms with Crippen LogP contribution in [0.4, 0.5) is 0 Å². The van der Waals surface area contributed by atoms with Gasteiger partial charge in [-0.25, -0.2) is 0 Å². The molecule has 0 spiro atoms. The lowest BCUT2D eigenvalue weighted by Crippen LogP contribution is -2.38. The van der Waals surface area contributed by atoms with Gasteiger partial charge >= 0.3 is 0 Å². The Morgan fingerprint density at radius 3 is 2.88 bits per heavy atom. The van der Waals surface area contributed by atoms with Crippen molar-refractivity contribution in [2.24, 2.45) is 5.92 Å². The first kappa shape index (κ1) is 12.6. The van der Waals surface area contributed by atoms with E-state index in [0.717, 1.165) is 12.0 Å². The van der Waals surface area contributed by atoms with Crippen molar-refractivity contribution in [1.82, 2.24) is 5.32 Å². The molecule has 1 N–H and O–H groups in total. The predicted molar refractivity (Wildman–Crippen MR) is 74.3 cm³/mol. The van der Waals surface area contributed by atoms with Gasteiger partial charge in [-0.2, -0.15) is 0 Å². The monoisotopic (exact) mass is 231 g/mol. The summed E-state index contributed by atoms with van der Waals surface area (Å²) in [5.41, 5.74) is 2.96. The summed E-state index contributed by atoms with van der Waals surface area (Å²) in [6.07, 6.45) is 6.62. The lowest BCUT2D eigenvalue weighted by molar-refractivity contribution is 0.285. The summed E-state index contributed by atoms with van der Waals surface area (Å²) in [6, 6.07) is 9.53. The Bertz CT molecular complexity index is 345. The highest BCUT2D eigenvalue weighted by Gasteiger charge is 2.19. The third-order valence-electron chi connectivity index (χ3n) is 4.20. The molecule has 2 rings (SSSR count). The number of hydrogen-bond donors (Lipinski definition) is 1. The summed E-state index contributed by atoms with van der Waals surface area (Å²) in [7, 11) is 0. The van der Waals surface area contributed by atoms with Gasteiger partial charge in [0, 0.05) is 6.04 Å². The van der Waals surface area contributed by atoms with Crippen LogP contribution < -0.4 is 5.32 Å². The molecule has 0 amide bonds. The highest BCUT2D eigenvalue weighted by atomic mass is 14.9. The fourth-order valence-electron chi connectivity index (χ4n) is 2.91. The summed E-state index contributed by atoms with van der Waals surface area (Å²) in [6.45, 7) is 5.77. The van der Waals surface area contributed by atoms with Crippen LogP contribution >= 0.6 is 0 Å². The maximum Gasteiger partial charge on any atom is 0.00728 e. The smallest absolute Gasteiger partial charge is 0.00728 e. The van der Waals surface area contributed by atoms with Crippen molar-refractivity contribution in [1.29, 1.82) is 0 Å².